The van der Waals surface area contributed by atoms with Crippen molar-refractivity contribution in [3.63, 3.8) is 0 Å². The minimum atomic E-state index is -0.638. The Morgan fingerprint density at radius 1 is 1.37 bits per heavy atom. The van der Waals surface area contributed by atoms with E-state index < -0.39 is 11.6 Å². The summed E-state index contributed by atoms with van der Waals surface area (Å²) in [7, 11) is 0. The number of aromatic nitrogens is 1. The highest BCUT2D eigenvalue weighted by Gasteiger charge is 2.28. The predicted molar refractivity (Wildman–Crippen MR) is 73.5 cm³/mol. The second-order valence-electron chi connectivity index (χ2n) is 5.21. The third-order valence-corrected chi connectivity index (χ3v) is 3.90. The largest absolute Gasteiger partial charge is 0.368 e. The molecule has 1 aromatic rings. The lowest BCUT2D eigenvalue weighted by Gasteiger charge is -2.39. The van der Waals surface area contributed by atoms with Crippen LogP contribution in [0.15, 0.2) is 6.07 Å². The van der Waals surface area contributed by atoms with Crippen molar-refractivity contribution in [2.75, 3.05) is 23.3 Å². The number of hydrogen-bond acceptors (Lipinski definition) is 3. The van der Waals surface area contributed by atoms with Crippen LogP contribution >= 0.6 is 0 Å². The van der Waals surface area contributed by atoms with E-state index in [1.54, 1.807) is 0 Å². The number of nitrogens with zero attached hydrogens (tertiary/aromatic N) is 2. The highest BCUT2D eigenvalue weighted by Crippen LogP contribution is 2.30. The first-order valence-corrected chi connectivity index (χ1v) is 6.91. The van der Waals surface area contributed by atoms with Gasteiger partial charge in [-0.1, -0.05) is 6.92 Å². The molecule has 0 amide bonds. The summed E-state index contributed by atoms with van der Waals surface area (Å²) in [5.74, 6) is -0.343. The Morgan fingerprint density at radius 2 is 2.11 bits per heavy atom. The lowest BCUT2D eigenvalue weighted by Crippen LogP contribution is -2.43. The third kappa shape index (κ3) is 2.80. The molecular weight excluding hydrogens is 248 g/mol. The molecule has 2 rings (SSSR count). The molecule has 0 spiro atoms. The first-order chi connectivity index (χ1) is 9.04. The summed E-state index contributed by atoms with van der Waals surface area (Å²) in [6.45, 7) is 7.41. The Bertz CT molecular complexity index is 451. The molecule has 5 heteroatoms. The van der Waals surface area contributed by atoms with Crippen LogP contribution in [0.1, 0.15) is 33.6 Å². The minimum absolute atomic E-state index is 0.129. The predicted octanol–water partition coefficient (Wildman–Crippen LogP) is 3.42. The van der Waals surface area contributed by atoms with Crippen LogP contribution in [-0.4, -0.2) is 24.1 Å². The molecule has 1 fully saturated rings. The molecule has 0 radical (unpaired) electrons. The van der Waals surface area contributed by atoms with E-state index in [0.29, 0.717) is 12.5 Å². The molecule has 2 unspecified atom stereocenters. The van der Waals surface area contributed by atoms with Crippen molar-refractivity contribution in [1.29, 1.82) is 0 Å². The molecule has 0 aromatic carbocycles. The number of rotatable bonds is 3. The fraction of sp³-hybridized carbons (Fsp3) is 0.643. The summed E-state index contributed by atoms with van der Waals surface area (Å²) < 4.78 is 27.6. The van der Waals surface area contributed by atoms with Gasteiger partial charge < -0.3 is 10.2 Å². The van der Waals surface area contributed by atoms with Crippen LogP contribution in [0.25, 0.3) is 0 Å². The molecule has 0 aliphatic carbocycles. The molecule has 1 aliphatic heterocycles. The number of nitrogens with one attached hydrogen (secondary N) is 1. The topological polar surface area (TPSA) is 28.2 Å². The van der Waals surface area contributed by atoms with E-state index in [1.165, 1.54) is 0 Å². The molecule has 1 aromatic heterocycles. The molecule has 1 aliphatic rings. The molecule has 106 valence electrons. The van der Waals surface area contributed by atoms with Gasteiger partial charge in [0.05, 0.1) is 0 Å². The summed E-state index contributed by atoms with van der Waals surface area (Å²) in [5.41, 5.74) is 0. The van der Waals surface area contributed by atoms with Gasteiger partial charge in [-0.2, -0.15) is 0 Å². The average Bonchev–Trinajstić information content (AvgIpc) is 2.37. The van der Waals surface area contributed by atoms with Gasteiger partial charge in [0.25, 0.3) is 0 Å². The Balaban J connectivity index is 2.35. The molecular formula is C14H21F2N3. The maximum Gasteiger partial charge on any atom is 0.168 e. The standard InChI is InChI=1S/C14H21F2N3/c1-4-17-13-11(15)8-12(16)14(18-13)19-7-5-6-9(2)10(19)3/h8-10H,4-7H2,1-3H3,(H,17,18). The van der Waals surface area contributed by atoms with Crippen LogP contribution in [0.5, 0.6) is 0 Å². The normalized spacial score (nSPS) is 23.5. The maximum absolute atomic E-state index is 14.0. The van der Waals surface area contributed by atoms with E-state index in [2.05, 4.69) is 24.1 Å². The van der Waals surface area contributed by atoms with E-state index in [4.69, 9.17) is 0 Å². The van der Waals surface area contributed by atoms with Crippen molar-refractivity contribution >= 4 is 11.6 Å². The number of piperidine rings is 1. The van der Waals surface area contributed by atoms with Crippen molar-refractivity contribution in [3.05, 3.63) is 17.7 Å². The van der Waals surface area contributed by atoms with Gasteiger partial charge in [0.15, 0.2) is 23.3 Å². The van der Waals surface area contributed by atoms with Crippen molar-refractivity contribution < 1.29 is 8.78 Å². The van der Waals surface area contributed by atoms with Crippen LogP contribution in [0.4, 0.5) is 20.4 Å². The lowest BCUT2D eigenvalue weighted by atomic mass is 9.92. The summed E-state index contributed by atoms with van der Waals surface area (Å²) in [6, 6.07) is 1.14. The quantitative estimate of drug-likeness (QED) is 0.911. The zero-order valence-corrected chi connectivity index (χ0v) is 11.7. The van der Waals surface area contributed by atoms with Gasteiger partial charge in [0.2, 0.25) is 0 Å². The van der Waals surface area contributed by atoms with Crippen molar-refractivity contribution in [3.8, 4) is 0 Å². The Morgan fingerprint density at radius 3 is 2.79 bits per heavy atom. The molecule has 2 atom stereocenters. The van der Waals surface area contributed by atoms with Crippen LogP contribution in [0.2, 0.25) is 0 Å². The van der Waals surface area contributed by atoms with Crippen molar-refractivity contribution in [2.24, 2.45) is 5.92 Å². The third-order valence-electron chi connectivity index (χ3n) is 3.90. The van der Waals surface area contributed by atoms with Crippen molar-refractivity contribution in [1.82, 2.24) is 4.98 Å². The van der Waals surface area contributed by atoms with Crippen LogP contribution in [-0.2, 0) is 0 Å². The monoisotopic (exact) mass is 269 g/mol. The first-order valence-electron chi connectivity index (χ1n) is 6.91. The van der Waals surface area contributed by atoms with E-state index in [9.17, 15) is 8.78 Å². The van der Waals surface area contributed by atoms with Crippen molar-refractivity contribution in [2.45, 2.75) is 39.7 Å². The van der Waals surface area contributed by atoms with Crippen LogP contribution < -0.4 is 10.2 Å². The number of pyridine rings is 1. The van der Waals surface area contributed by atoms with Gasteiger partial charge >= 0.3 is 0 Å². The number of hydrogen-bond donors (Lipinski definition) is 1. The highest BCUT2D eigenvalue weighted by atomic mass is 19.1. The summed E-state index contributed by atoms with van der Waals surface area (Å²) >= 11 is 0. The Hall–Kier alpha value is -1.39. The maximum atomic E-state index is 14.0. The smallest absolute Gasteiger partial charge is 0.168 e. The second kappa shape index (κ2) is 5.72. The van der Waals surface area contributed by atoms with Gasteiger partial charge in [-0.25, -0.2) is 13.8 Å². The summed E-state index contributed by atoms with van der Waals surface area (Å²) in [6.07, 6.45) is 2.15. The fourth-order valence-electron chi connectivity index (χ4n) is 2.58. The lowest BCUT2D eigenvalue weighted by molar-refractivity contribution is 0.357. The van der Waals surface area contributed by atoms with Crippen LogP contribution in [0, 0.1) is 17.6 Å². The number of halogens is 2. The molecule has 2 heterocycles. The summed E-state index contributed by atoms with van der Waals surface area (Å²) in [5, 5.41) is 2.83. The molecule has 3 nitrogen and oxygen atoms in total. The van der Waals surface area contributed by atoms with Gasteiger partial charge in [0.1, 0.15) is 0 Å². The number of anilines is 2. The van der Waals surface area contributed by atoms with E-state index in [0.717, 1.165) is 25.5 Å². The zero-order valence-electron chi connectivity index (χ0n) is 11.7. The van der Waals surface area contributed by atoms with E-state index in [1.807, 2.05) is 11.8 Å². The molecule has 19 heavy (non-hydrogen) atoms. The van der Waals surface area contributed by atoms with E-state index >= 15 is 0 Å². The Kier molecular flexibility index (Phi) is 4.22. The minimum Gasteiger partial charge on any atom is -0.368 e. The summed E-state index contributed by atoms with van der Waals surface area (Å²) in [4.78, 5) is 6.08. The van der Waals surface area contributed by atoms with Gasteiger partial charge in [-0.3, -0.25) is 0 Å². The zero-order chi connectivity index (χ0) is 14.0. The van der Waals surface area contributed by atoms with E-state index in [-0.39, 0.29) is 17.7 Å². The van der Waals surface area contributed by atoms with Gasteiger partial charge in [-0.05, 0) is 32.6 Å². The molecule has 1 saturated heterocycles. The SMILES string of the molecule is CCNc1nc(N2CCCC(C)C2C)c(F)cc1F. The van der Waals surface area contributed by atoms with Gasteiger partial charge in [0, 0.05) is 25.2 Å². The average molecular weight is 269 g/mol. The molecule has 0 saturated carbocycles. The fourth-order valence-corrected chi connectivity index (χ4v) is 2.58. The molecule has 0 bridgehead atoms. The van der Waals surface area contributed by atoms with Gasteiger partial charge in [-0.15, -0.1) is 0 Å². The Labute approximate surface area is 113 Å². The second-order valence-corrected chi connectivity index (χ2v) is 5.21. The van der Waals surface area contributed by atoms with Crippen LogP contribution in [0.3, 0.4) is 0 Å². The first kappa shape index (κ1) is 14.0. The molecule has 1 N–H and O–H groups in total. The highest BCUT2D eigenvalue weighted by molar-refractivity contribution is 5.50.